The van der Waals surface area contributed by atoms with Crippen LogP contribution in [0.1, 0.15) is 36.2 Å². The quantitative estimate of drug-likeness (QED) is 0.662. The Bertz CT molecular complexity index is 727. The minimum absolute atomic E-state index is 0.00645. The predicted molar refractivity (Wildman–Crippen MR) is 100 cm³/mol. The molecule has 4 nitrogen and oxygen atoms in total. The highest BCUT2D eigenvalue weighted by Gasteiger charge is 2.38. The highest BCUT2D eigenvalue weighted by Crippen LogP contribution is 2.28. The third-order valence-electron chi connectivity index (χ3n) is 4.30. The Kier molecular flexibility index (Phi) is 6.09. The average Bonchev–Trinajstić information content (AvgIpc) is 2.99. The Morgan fingerprint density at radius 2 is 1.88 bits per heavy atom. The van der Waals surface area contributed by atoms with Gasteiger partial charge < -0.3 is 14.2 Å². The molecule has 0 amide bonds. The van der Waals surface area contributed by atoms with Crippen LogP contribution < -0.4 is 0 Å². The van der Waals surface area contributed by atoms with E-state index in [1.807, 2.05) is 44.2 Å². The van der Waals surface area contributed by atoms with E-state index in [1.54, 1.807) is 24.3 Å². The number of benzene rings is 2. The zero-order valence-corrected chi connectivity index (χ0v) is 15.7. The van der Waals surface area contributed by atoms with E-state index >= 15 is 0 Å². The standard InChI is InChI=1S/C21H23ClO4/c1-21(2)25-14-20(26-21)19(24-13-15-6-4-3-5-7-15)12-18(23)16-8-10-17(22)11-9-16/h3-11,19-20H,12-14H2,1-2H3/t19-,20-/m0/s1. The van der Waals surface area contributed by atoms with Gasteiger partial charge in [-0.1, -0.05) is 41.9 Å². The van der Waals surface area contributed by atoms with Gasteiger partial charge in [0.15, 0.2) is 11.6 Å². The fraction of sp³-hybridized carbons (Fsp3) is 0.381. The van der Waals surface area contributed by atoms with Crippen LogP contribution in [0.15, 0.2) is 54.6 Å². The molecule has 2 aromatic carbocycles. The molecule has 2 aromatic rings. The Hall–Kier alpha value is -1.72. The Labute approximate surface area is 159 Å². The molecule has 0 N–H and O–H groups in total. The molecule has 138 valence electrons. The lowest BCUT2D eigenvalue weighted by molar-refractivity contribution is -0.157. The second kappa shape index (κ2) is 8.31. The summed E-state index contributed by atoms with van der Waals surface area (Å²) in [5.74, 6) is -0.671. The van der Waals surface area contributed by atoms with E-state index in [2.05, 4.69) is 0 Å². The van der Waals surface area contributed by atoms with Gasteiger partial charge in [0.1, 0.15) is 6.10 Å². The van der Waals surface area contributed by atoms with Crippen LogP contribution in [0.3, 0.4) is 0 Å². The van der Waals surface area contributed by atoms with Gasteiger partial charge in [-0.2, -0.15) is 0 Å². The van der Waals surface area contributed by atoms with Gasteiger partial charge in [0.05, 0.1) is 19.3 Å². The normalized spacial score (nSPS) is 20.0. The first-order valence-electron chi connectivity index (χ1n) is 8.69. The third-order valence-corrected chi connectivity index (χ3v) is 4.56. The van der Waals surface area contributed by atoms with E-state index in [4.69, 9.17) is 25.8 Å². The van der Waals surface area contributed by atoms with E-state index in [1.165, 1.54) is 0 Å². The van der Waals surface area contributed by atoms with Crippen LogP contribution in [-0.4, -0.2) is 30.4 Å². The largest absolute Gasteiger partial charge is 0.370 e. The molecule has 0 aliphatic carbocycles. The summed E-state index contributed by atoms with van der Waals surface area (Å²) >= 11 is 5.90. The number of ether oxygens (including phenoxy) is 3. The summed E-state index contributed by atoms with van der Waals surface area (Å²) < 4.78 is 17.7. The van der Waals surface area contributed by atoms with Crippen LogP contribution in [-0.2, 0) is 20.8 Å². The summed E-state index contributed by atoms with van der Waals surface area (Å²) in [5, 5.41) is 0.604. The molecule has 1 saturated heterocycles. The number of ketones is 1. The third kappa shape index (κ3) is 5.15. The fourth-order valence-electron chi connectivity index (χ4n) is 2.91. The molecule has 5 heteroatoms. The summed E-state index contributed by atoms with van der Waals surface area (Å²) in [6, 6.07) is 16.8. The molecule has 0 spiro atoms. The maximum atomic E-state index is 12.7. The Morgan fingerprint density at radius 3 is 2.50 bits per heavy atom. The summed E-state index contributed by atoms with van der Waals surface area (Å²) in [5.41, 5.74) is 1.66. The monoisotopic (exact) mass is 374 g/mol. The number of halogens is 1. The predicted octanol–water partition coefficient (Wildman–Crippen LogP) is 4.65. The van der Waals surface area contributed by atoms with Crippen molar-refractivity contribution in [3.8, 4) is 0 Å². The molecule has 1 aliphatic rings. The van der Waals surface area contributed by atoms with Crippen molar-refractivity contribution in [1.29, 1.82) is 0 Å². The molecule has 1 fully saturated rings. The molecule has 0 saturated carbocycles. The lowest BCUT2D eigenvalue weighted by Gasteiger charge is -2.24. The second-order valence-electron chi connectivity index (χ2n) is 6.84. The van der Waals surface area contributed by atoms with E-state index in [0.29, 0.717) is 23.8 Å². The SMILES string of the molecule is CC1(C)OC[C@@H]([C@H](CC(=O)c2ccc(Cl)cc2)OCc2ccccc2)O1. The molecule has 26 heavy (non-hydrogen) atoms. The van der Waals surface area contributed by atoms with Crippen LogP contribution in [0.2, 0.25) is 5.02 Å². The lowest BCUT2D eigenvalue weighted by atomic mass is 10.0. The molecule has 1 aliphatic heterocycles. The first kappa shape index (κ1) is 19.1. The van der Waals surface area contributed by atoms with Crippen molar-refractivity contribution in [2.24, 2.45) is 0 Å². The second-order valence-corrected chi connectivity index (χ2v) is 7.27. The smallest absolute Gasteiger partial charge is 0.165 e. The van der Waals surface area contributed by atoms with Gasteiger partial charge in [0.25, 0.3) is 0 Å². The molecule has 0 bridgehead atoms. The topological polar surface area (TPSA) is 44.8 Å². The molecular weight excluding hydrogens is 352 g/mol. The Balaban J connectivity index is 1.69. The van der Waals surface area contributed by atoms with Crippen LogP contribution in [0.25, 0.3) is 0 Å². The first-order chi connectivity index (χ1) is 12.4. The van der Waals surface area contributed by atoms with Crippen molar-refractivity contribution >= 4 is 17.4 Å². The van der Waals surface area contributed by atoms with Crippen molar-refractivity contribution in [2.45, 2.75) is 44.9 Å². The summed E-state index contributed by atoms with van der Waals surface area (Å²) in [4.78, 5) is 12.7. The van der Waals surface area contributed by atoms with Crippen molar-refractivity contribution in [1.82, 2.24) is 0 Å². The number of Topliss-reactive ketones (excluding diaryl/α,β-unsaturated/α-hetero) is 1. The van der Waals surface area contributed by atoms with Crippen molar-refractivity contribution in [3.63, 3.8) is 0 Å². The van der Waals surface area contributed by atoms with Crippen LogP contribution in [0.5, 0.6) is 0 Å². The number of hydrogen-bond donors (Lipinski definition) is 0. The van der Waals surface area contributed by atoms with Gasteiger partial charge in [0.2, 0.25) is 0 Å². The Morgan fingerprint density at radius 1 is 1.19 bits per heavy atom. The molecule has 0 aromatic heterocycles. The summed E-state index contributed by atoms with van der Waals surface area (Å²) in [7, 11) is 0. The highest BCUT2D eigenvalue weighted by atomic mass is 35.5. The molecular formula is C21H23ClO4. The van der Waals surface area contributed by atoms with Crippen molar-refractivity contribution in [2.75, 3.05) is 6.61 Å². The lowest BCUT2D eigenvalue weighted by Crippen LogP contribution is -2.34. The zero-order valence-electron chi connectivity index (χ0n) is 15.0. The first-order valence-corrected chi connectivity index (χ1v) is 9.07. The summed E-state index contributed by atoms with van der Waals surface area (Å²) in [6.45, 7) is 4.55. The highest BCUT2D eigenvalue weighted by molar-refractivity contribution is 6.30. The van der Waals surface area contributed by atoms with Gasteiger partial charge in [-0.25, -0.2) is 0 Å². The molecule has 0 radical (unpaired) electrons. The fourth-order valence-corrected chi connectivity index (χ4v) is 3.04. The maximum absolute atomic E-state index is 12.7. The number of carbonyl (C=O) groups is 1. The number of carbonyl (C=O) groups excluding carboxylic acids is 1. The average molecular weight is 375 g/mol. The molecule has 0 unspecified atom stereocenters. The minimum atomic E-state index is -0.664. The van der Waals surface area contributed by atoms with E-state index in [-0.39, 0.29) is 24.4 Å². The van der Waals surface area contributed by atoms with Gasteiger partial charge >= 0.3 is 0 Å². The van der Waals surface area contributed by atoms with Crippen LogP contribution in [0, 0.1) is 0 Å². The number of hydrogen-bond acceptors (Lipinski definition) is 4. The van der Waals surface area contributed by atoms with E-state index in [0.717, 1.165) is 5.56 Å². The van der Waals surface area contributed by atoms with Crippen LogP contribution >= 0.6 is 11.6 Å². The maximum Gasteiger partial charge on any atom is 0.165 e. The van der Waals surface area contributed by atoms with E-state index < -0.39 is 5.79 Å². The van der Waals surface area contributed by atoms with Gasteiger partial charge in [0, 0.05) is 17.0 Å². The van der Waals surface area contributed by atoms with Gasteiger partial charge in [-0.3, -0.25) is 4.79 Å². The molecule has 2 atom stereocenters. The zero-order chi connectivity index (χ0) is 18.6. The minimum Gasteiger partial charge on any atom is -0.370 e. The summed E-state index contributed by atoms with van der Waals surface area (Å²) in [6.07, 6.45) is -0.455. The van der Waals surface area contributed by atoms with Crippen molar-refractivity contribution in [3.05, 3.63) is 70.7 Å². The van der Waals surface area contributed by atoms with Crippen molar-refractivity contribution < 1.29 is 19.0 Å². The van der Waals surface area contributed by atoms with E-state index in [9.17, 15) is 4.79 Å². The number of rotatable bonds is 7. The van der Waals surface area contributed by atoms with Crippen LogP contribution in [0.4, 0.5) is 0 Å². The molecule has 1 heterocycles. The van der Waals surface area contributed by atoms with Gasteiger partial charge in [-0.05, 0) is 43.7 Å². The van der Waals surface area contributed by atoms with Gasteiger partial charge in [-0.15, -0.1) is 0 Å². The molecule has 3 rings (SSSR count).